The van der Waals surface area contributed by atoms with Gasteiger partial charge in [0.2, 0.25) is 0 Å². The molecule has 1 aliphatic heterocycles. The highest BCUT2D eigenvalue weighted by molar-refractivity contribution is 4.77. The van der Waals surface area contributed by atoms with E-state index in [0.29, 0.717) is 0 Å². The highest BCUT2D eigenvalue weighted by atomic mass is 15.1. The van der Waals surface area contributed by atoms with Gasteiger partial charge in [-0.2, -0.15) is 0 Å². The molecule has 1 saturated carbocycles. The zero-order valence-corrected chi connectivity index (χ0v) is 11.8. The van der Waals surface area contributed by atoms with E-state index in [9.17, 15) is 0 Å². The second-order valence-corrected chi connectivity index (χ2v) is 6.48. The van der Waals surface area contributed by atoms with Gasteiger partial charge in [0.15, 0.2) is 0 Å². The predicted octanol–water partition coefficient (Wildman–Crippen LogP) is 2.89. The number of hydrogen-bond acceptors (Lipinski definition) is 2. The van der Waals surface area contributed by atoms with Gasteiger partial charge in [-0.05, 0) is 70.0 Å². The Morgan fingerprint density at radius 2 is 1.76 bits per heavy atom. The molecule has 0 bridgehead atoms. The van der Waals surface area contributed by atoms with Crippen LogP contribution in [0.25, 0.3) is 0 Å². The number of nitrogens with zero attached hydrogens (tertiary/aromatic N) is 1. The first kappa shape index (κ1) is 13.4. The van der Waals surface area contributed by atoms with Crippen LogP contribution in [0.3, 0.4) is 0 Å². The number of nitrogens with one attached hydrogen (secondary N) is 1. The Labute approximate surface area is 107 Å². The Morgan fingerprint density at radius 3 is 2.41 bits per heavy atom. The zero-order chi connectivity index (χ0) is 12.1. The van der Waals surface area contributed by atoms with Crippen molar-refractivity contribution < 1.29 is 0 Å². The Bertz CT molecular complexity index is 203. The van der Waals surface area contributed by atoms with Gasteiger partial charge in [-0.1, -0.05) is 13.8 Å². The summed E-state index contributed by atoms with van der Waals surface area (Å²) in [4.78, 5) is 2.63. The molecule has 1 atom stereocenters. The van der Waals surface area contributed by atoms with Crippen LogP contribution in [0.5, 0.6) is 0 Å². The highest BCUT2D eigenvalue weighted by Gasteiger charge is 2.19. The summed E-state index contributed by atoms with van der Waals surface area (Å²) < 4.78 is 0. The summed E-state index contributed by atoms with van der Waals surface area (Å²) in [7, 11) is 0. The molecule has 0 aromatic heterocycles. The third-order valence-corrected chi connectivity index (χ3v) is 4.54. The first-order valence-electron chi connectivity index (χ1n) is 7.70. The molecule has 0 spiro atoms. The smallest absolute Gasteiger partial charge is 0.00673 e. The van der Waals surface area contributed by atoms with Gasteiger partial charge in [0.25, 0.3) is 0 Å². The first-order chi connectivity index (χ1) is 8.24. The molecule has 1 saturated heterocycles. The molecule has 1 unspecified atom stereocenters. The van der Waals surface area contributed by atoms with Crippen LogP contribution >= 0.6 is 0 Å². The summed E-state index contributed by atoms with van der Waals surface area (Å²) in [5.74, 6) is 1.78. The van der Waals surface area contributed by atoms with Gasteiger partial charge in [-0.25, -0.2) is 0 Å². The van der Waals surface area contributed by atoms with Crippen molar-refractivity contribution in [2.75, 3.05) is 26.2 Å². The van der Waals surface area contributed by atoms with Crippen LogP contribution in [0.4, 0.5) is 0 Å². The lowest BCUT2D eigenvalue weighted by molar-refractivity contribution is 0.258. The molecule has 2 aliphatic rings. The van der Waals surface area contributed by atoms with E-state index in [1.807, 2.05) is 0 Å². The van der Waals surface area contributed by atoms with Crippen molar-refractivity contribution >= 4 is 0 Å². The highest BCUT2D eigenvalue weighted by Crippen LogP contribution is 2.23. The van der Waals surface area contributed by atoms with E-state index >= 15 is 0 Å². The molecule has 0 aromatic rings. The fourth-order valence-electron chi connectivity index (χ4n) is 3.30. The van der Waals surface area contributed by atoms with Crippen LogP contribution in [0.15, 0.2) is 0 Å². The van der Waals surface area contributed by atoms with Gasteiger partial charge in [0, 0.05) is 12.6 Å². The molecule has 1 N–H and O–H groups in total. The van der Waals surface area contributed by atoms with E-state index in [4.69, 9.17) is 0 Å². The molecule has 2 nitrogen and oxygen atoms in total. The SMILES string of the molecule is CC1CCC(NCC(C)CN2CCCC2)CC1. The lowest BCUT2D eigenvalue weighted by Gasteiger charge is -2.29. The quantitative estimate of drug-likeness (QED) is 0.792. The van der Waals surface area contributed by atoms with Gasteiger partial charge in [0.1, 0.15) is 0 Å². The Balaban J connectivity index is 1.57. The molecule has 1 aliphatic carbocycles. The third-order valence-electron chi connectivity index (χ3n) is 4.54. The first-order valence-corrected chi connectivity index (χ1v) is 7.70. The monoisotopic (exact) mass is 238 g/mol. The van der Waals surface area contributed by atoms with Crippen LogP contribution in [0.2, 0.25) is 0 Å². The molecular formula is C15H30N2. The maximum atomic E-state index is 3.79. The van der Waals surface area contributed by atoms with E-state index in [0.717, 1.165) is 17.9 Å². The average Bonchev–Trinajstić information content (AvgIpc) is 2.81. The Morgan fingerprint density at radius 1 is 1.12 bits per heavy atom. The van der Waals surface area contributed by atoms with Crippen molar-refractivity contribution in [3.63, 3.8) is 0 Å². The number of rotatable bonds is 5. The van der Waals surface area contributed by atoms with Crippen LogP contribution in [0, 0.1) is 11.8 Å². The van der Waals surface area contributed by atoms with Crippen molar-refractivity contribution in [1.29, 1.82) is 0 Å². The maximum absolute atomic E-state index is 3.79. The van der Waals surface area contributed by atoms with Gasteiger partial charge < -0.3 is 10.2 Å². The molecule has 100 valence electrons. The van der Waals surface area contributed by atoms with Crippen molar-refractivity contribution in [2.45, 2.75) is 58.4 Å². The Kier molecular flexibility index (Phi) is 5.30. The van der Waals surface area contributed by atoms with E-state index < -0.39 is 0 Å². The molecule has 2 rings (SSSR count). The molecule has 2 fully saturated rings. The molecule has 0 aromatic carbocycles. The summed E-state index contributed by atoms with van der Waals surface area (Å²) in [5, 5.41) is 3.79. The lowest BCUT2D eigenvalue weighted by Crippen LogP contribution is -2.38. The van der Waals surface area contributed by atoms with Crippen molar-refractivity contribution in [3.05, 3.63) is 0 Å². The van der Waals surface area contributed by atoms with Gasteiger partial charge in [0.05, 0.1) is 0 Å². The second kappa shape index (κ2) is 6.75. The Hall–Kier alpha value is -0.0800. The van der Waals surface area contributed by atoms with Crippen LogP contribution in [0.1, 0.15) is 52.4 Å². The second-order valence-electron chi connectivity index (χ2n) is 6.48. The minimum Gasteiger partial charge on any atom is -0.314 e. The third kappa shape index (κ3) is 4.59. The summed E-state index contributed by atoms with van der Waals surface area (Å²) in [6.45, 7) is 9.99. The maximum Gasteiger partial charge on any atom is 0.00673 e. The van der Waals surface area contributed by atoms with E-state index in [-0.39, 0.29) is 0 Å². The normalized spacial score (nSPS) is 32.8. The predicted molar refractivity (Wildman–Crippen MR) is 74.3 cm³/mol. The van der Waals surface area contributed by atoms with Gasteiger partial charge in [-0.3, -0.25) is 0 Å². The van der Waals surface area contributed by atoms with E-state index in [2.05, 4.69) is 24.1 Å². The minimum absolute atomic E-state index is 0.812. The largest absolute Gasteiger partial charge is 0.314 e. The van der Waals surface area contributed by atoms with Gasteiger partial charge in [-0.15, -0.1) is 0 Å². The molecule has 17 heavy (non-hydrogen) atoms. The summed E-state index contributed by atoms with van der Waals surface area (Å²) in [6, 6.07) is 0.812. The minimum atomic E-state index is 0.812. The number of hydrogen-bond donors (Lipinski definition) is 1. The van der Waals surface area contributed by atoms with Crippen LogP contribution in [-0.4, -0.2) is 37.1 Å². The molecule has 0 amide bonds. The van der Waals surface area contributed by atoms with E-state index in [1.54, 1.807) is 0 Å². The summed E-state index contributed by atoms with van der Waals surface area (Å²) >= 11 is 0. The molecule has 2 heteroatoms. The summed E-state index contributed by atoms with van der Waals surface area (Å²) in [6.07, 6.45) is 8.49. The molecule has 1 heterocycles. The fourth-order valence-corrected chi connectivity index (χ4v) is 3.30. The zero-order valence-electron chi connectivity index (χ0n) is 11.8. The lowest BCUT2D eigenvalue weighted by atomic mass is 9.87. The number of likely N-dealkylation sites (tertiary alicyclic amines) is 1. The topological polar surface area (TPSA) is 15.3 Å². The average molecular weight is 238 g/mol. The standard InChI is InChI=1S/C15H30N2/c1-13-5-7-15(8-6-13)16-11-14(2)12-17-9-3-4-10-17/h13-16H,3-12H2,1-2H3. The fraction of sp³-hybridized carbons (Fsp3) is 1.00. The summed E-state index contributed by atoms with van der Waals surface area (Å²) in [5.41, 5.74) is 0. The van der Waals surface area contributed by atoms with Crippen LogP contribution < -0.4 is 5.32 Å². The van der Waals surface area contributed by atoms with Crippen molar-refractivity contribution in [3.8, 4) is 0 Å². The van der Waals surface area contributed by atoms with Crippen molar-refractivity contribution in [2.24, 2.45) is 11.8 Å². The van der Waals surface area contributed by atoms with Crippen LogP contribution in [-0.2, 0) is 0 Å². The van der Waals surface area contributed by atoms with Crippen molar-refractivity contribution in [1.82, 2.24) is 10.2 Å². The van der Waals surface area contributed by atoms with E-state index in [1.165, 1.54) is 64.7 Å². The molecule has 0 radical (unpaired) electrons. The van der Waals surface area contributed by atoms with Gasteiger partial charge >= 0.3 is 0 Å². The molecular weight excluding hydrogens is 208 g/mol.